The van der Waals surface area contributed by atoms with E-state index in [-0.39, 0.29) is 11.3 Å². The van der Waals surface area contributed by atoms with Gasteiger partial charge in [0.25, 0.3) is 0 Å². The van der Waals surface area contributed by atoms with E-state index >= 15 is 0 Å². The highest BCUT2D eigenvalue weighted by molar-refractivity contribution is 7.85. The third kappa shape index (κ3) is 3.02. The molecule has 1 saturated heterocycles. The lowest BCUT2D eigenvalue weighted by atomic mass is 10.1. The molecule has 0 amide bonds. The Labute approximate surface area is 114 Å². The van der Waals surface area contributed by atoms with E-state index in [9.17, 15) is 4.21 Å². The maximum Gasteiger partial charge on any atom is 0.0640 e. The summed E-state index contributed by atoms with van der Waals surface area (Å²) in [5.74, 6) is 0.598. The van der Waals surface area contributed by atoms with Crippen LogP contribution in [-0.2, 0) is 10.8 Å². The predicted molar refractivity (Wildman–Crippen MR) is 74.3 cm³/mol. The molecule has 1 fully saturated rings. The molecular formula is C12H15Cl2NOS. The first-order valence-corrected chi connectivity index (χ1v) is 7.78. The van der Waals surface area contributed by atoms with Gasteiger partial charge in [0.1, 0.15) is 0 Å². The molecule has 0 bridgehead atoms. The van der Waals surface area contributed by atoms with Crippen molar-refractivity contribution in [2.75, 3.05) is 12.3 Å². The van der Waals surface area contributed by atoms with Crippen LogP contribution in [0.15, 0.2) is 18.2 Å². The standard InChI is InChI=1S/C12H15Cl2NOS/c1-8-5-6-15-11(7-17(8)16)9-3-2-4-10(13)12(9)14/h2-4,8,11,15H,5-7H2,1H3. The van der Waals surface area contributed by atoms with E-state index in [4.69, 9.17) is 23.2 Å². The van der Waals surface area contributed by atoms with Crippen molar-refractivity contribution in [1.29, 1.82) is 0 Å². The Bertz CT molecular complexity index is 439. The molecule has 94 valence electrons. The van der Waals surface area contributed by atoms with Crippen molar-refractivity contribution in [2.45, 2.75) is 24.6 Å². The zero-order valence-corrected chi connectivity index (χ0v) is 11.9. The summed E-state index contributed by atoms with van der Waals surface area (Å²) in [5.41, 5.74) is 0.946. The average molecular weight is 292 g/mol. The first-order valence-electron chi connectivity index (χ1n) is 5.64. The molecule has 0 radical (unpaired) electrons. The molecule has 1 aromatic rings. The first kappa shape index (κ1) is 13.3. The lowest BCUT2D eigenvalue weighted by molar-refractivity contribution is 0.578. The van der Waals surface area contributed by atoms with Gasteiger partial charge in [-0.05, 0) is 24.6 Å². The monoisotopic (exact) mass is 291 g/mol. The summed E-state index contributed by atoms with van der Waals surface area (Å²) >= 11 is 12.2. The van der Waals surface area contributed by atoms with Gasteiger partial charge in [-0.2, -0.15) is 0 Å². The van der Waals surface area contributed by atoms with Gasteiger partial charge < -0.3 is 5.32 Å². The average Bonchev–Trinajstić information content (AvgIpc) is 2.46. The fraction of sp³-hybridized carbons (Fsp3) is 0.500. The normalized spacial score (nSPS) is 29.9. The number of nitrogens with one attached hydrogen (secondary N) is 1. The molecule has 0 spiro atoms. The zero-order chi connectivity index (χ0) is 12.4. The van der Waals surface area contributed by atoms with Crippen LogP contribution in [0.3, 0.4) is 0 Å². The number of halogens is 2. The van der Waals surface area contributed by atoms with E-state index in [1.807, 2.05) is 19.1 Å². The van der Waals surface area contributed by atoms with Gasteiger partial charge in [0.2, 0.25) is 0 Å². The summed E-state index contributed by atoms with van der Waals surface area (Å²) in [6.45, 7) is 2.89. The van der Waals surface area contributed by atoms with Crippen molar-refractivity contribution < 1.29 is 4.21 Å². The lowest BCUT2D eigenvalue weighted by Gasteiger charge is -2.17. The molecule has 3 unspecified atom stereocenters. The Morgan fingerprint density at radius 1 is 1.41 bits per heavy atom. The summed E-state index contributed by atoms with van der Waals surface area (Å²) in [5, 5.41) is 4.75. The Kier molecular flexibility index (Phi) is 4.47. The molecular weight excluding hydrogens is 277 g/mol. The summed E-state index contributed by atoms with van der Waals surface area (Å²) in [6, 6.07) is 5.62. The summed E-state index contributed by atoms with van der Waals surface area (Å²) in [6.07, 6.45) is 0.932. The number of rotatable bonds is 1. The van der Waals surface area contributed by atoms with Gasteiger partial charge in [0, 0.05) is 27.8 Å². The molecule has 2 rings (SSSR count). The topological polar surface area (TPSA) is 29.1 Å². The van der Waals surface area contributed by atoms with Gasteiger partial charge in [-0.25, -0.2) is 0 Å². The lowest BCUT2D eigenvalue weighted by Crippen LogP contribution is -2.24. The molecule has 0 aromatic heterocycles. The second kappa shape index (κ2) is 5.70. The zero-order valence-electron chi connectivity index (χ0n) is 9.58. The number of benzene rings is 1. The van der Waals surface area contributed by atoms with Crippen molar-refractivity contribution in [3.05, 3.63) is 33.8 Å². The molecule has 0 aliphatic carbocycles. The van der Waals surface area contributed by atoms with Gasteiger partial charge in [0.05, 0.1) is 10.0 Å². The summed E-state index contributed by atoms with van der Waals surface area (Å²) in [4.78, 5) is 0. The van der Waals surface area contributed by atoms with Gasteiger partial charge in [-0.15, -0.1) is 0 Å². The summed E-state index contributed by atoms with van der Waals surface area (Å²) < 4.78 is 12.0. The molecule has 1 heterocycles. The van der Waals surface area contributed by atoms with Crippen LogP contribution in [0.2, 0.25) is 10.0 Å². The maximum absolute atomic E-state index is 12.0. The maximum atomic E-state index is 12.0. The van der Waals surface area contributed by atoms with E-state index in [1.165, 1.54) is 0 Å². The van der Waals surface area contributed by atoms with Gasteiger partial charge in [0.15, 0.2) is 0 Å². The van der Waals surface area contributed by atoms with E-state index in [1.54, 1.807) is 6.07 Å². The fourth-order valence-electron chi connectivity index (χ4n) is 1.97. The quantitative estimate of drug-likeness (QED) is 0.861. The van der Waals surface area contributed by atoms with Crippen LogP contribution in [0.4, 0.5) is 0 Å². The van der Waals surface area contributed by atoms with Crippen molar-refractivity contribution in [3.8, 4) is 0 Å². The van der Waals surface area contributed by atoms with Crippen molar-refractivity contribution >= 4 is 34.0 Å². The molecule has 1 N–H and O–H groups in total. The van der Waals surface area contributed by atoms with Crippen molar-refractivity contribution in [1.82, 2.24) is 5.32 Å². The Hall–Kier alpha value is -0.0900. The minimum atomic E-state index is -0.812. The highest BCUT2D eigenvalue weighted by atomic mass is 35.5. The molecule has 0 saturated carbocycles. The molecule has 1 aromatic carbocycles. The predicted octanol–water partition coefficient (Wildman–Crippen LogP) is 3.17. The fourth-order valence-corrected chi connectivity index (χ4v) is 3.74. The van der Waals surface area contributed by atoms with Gasteiger partial charge in [-0.1, -0.05) is 42.3 Å². The van der Waals surface area contributed by atoms with Crippen LogP contribution in [-0.4, -0.2) is 21.8 Å². The SMILES string of the molecule is CC1CCNC(c2cccc(Cl)c2Cl)CS1=O. The van der Waals surface area contributed by atoms with E-state index in [0.717, 1.165) is 18.5 Å². The molecule has 5 heteroatoms. The highest BCUT2D eigenvalue weighted by Crippen LogP contribution is 2.31. The molecule has 2 nitrogen and oxygen atoms in total. The van der Waals surface area contributed by atoms with Crippen LogP contribution in [0.25, 0.3) is 0 Å². The Balaban J connectivity index is 2.27. The van der Waals surface area contributed by atoms with Crippen LogP contribution in [0, 0.1) is 0 Å². The molecule has 1 aliphatic rings. The largest absolute Gasteiger partial charge is 0.309 e. The number of hydrogen-bond donors (Lipinski definition) is 1. The van der Waals surface area contributed by atoms with Gasteiger partial charge >= 0.3 is 0 Å². The van der Waals surface area contributed by atoms with Crippen LogP contribution >= 0.6 is 23.2 Å². The Morgan fingerprint density at radius 3 is 2.94 bits per heavy atom. The van der Waals surface area contributed by atoms with Crippen molar-refractivity contribution in [2.24, 2.45) is 0 Å². The van der Waals surface area contributed by atoms with Crippen LogP contribution in [0.1, 0.15) is 24.9 Å². The smallest absolute Gasteiger partial charge is 0.0640 e. The van der Waals surface area contributed by atoms with Crippen molar-refractivity contribution in [3.63, 3.8) is 0 Å². The van der Waals surface area contributed by atoms with Crippen LogP contribution in [0.5, 0.6) is 0 Å². The second-order valence-electron chi connectivity index (χ2n) is 4.30. The van der Waals surface area contributed by atoms with E-state index < -0.39 is 10.8 Å². The van der Waals surface area contributed by atoms with E-state index in [0.29, 0.717) is 15.8 Å². The summed E-state index contributed by atoms with van der Waals surface area (Å²) in [7, 11) is -0.812. The van der Waals surface area contributed by atoms with Crippen LogP contribution < -0.4 is 5.32 Å². The minimum absolute atomic E-state index is 0.0342. The molecule has 3 atom stereocenters. The van der Waals surface area contributed by atoms with E-state index in [2.05, 4.69) is 5.32 Å². The highest BCUT2D eigenvalue weighted by Gasteiger charge is 2.24. The first-order chi connectivity index (χ1) is 8.09. The molecule has 17 heavy (non-hydrogen) atoms. The van der Waals surface area contributed by atoms with Gasteiger partial charge in [-0.3, -0.25) is 4.21 Å². The third-order valence-electron chi connectivity index (χ3n) is 3.08. The minimum Gasteiger partial charge on any atom is -0.309 e. The third-order valence-corrected chi connectivity index (χ3v) is 5.71. The Morgan fingerprint density at radius 2 is 2.18 bits per heavy atom. The second-order valence-corrected chi connectivity index (χ2v) is 6.98. The number of hydrogen-bond acceptors (Lipinski definition) is 2. The molecule has 1 aliphatic heterocycles.